The summed E-state index contributed by atoms with van der Waals surface area (Å²) >= 11 is 0. The first-order valence-electron chi connectivity index (χ1n) is 8.48. The highest BCUT2D eigenvalue weighted by Gasteiger charge is 2.33. The lowest BCUT2D eigenvalue weighted by Gasteiger charge is -2.31. The Labute approximate surface area is 142 Å². The summed E-state index contributed by atoms with van der Waals surface area (Å²) in [6.45, 7) is 2.51. The van der Waals surface area contributed by atoms with Gasteiger partial charge in [-0.3, -0.25) is 4.79 Å². The Hall–Kier alpha value is -2.49. The summed E-state index contributed by atoms with van der Waals surface area (Å²) in [5.74, 6) is 1.20. The van der Waals surface area contributed by atoms with Crippen LogP contribution < -0.4 is 14.8 Å². The van der Waals surface area contributed by atoms with E-state index in [-0.39, 0.29) is 12.0 Å². The maximum atomic E-state index is 12.3. The molecule has 1 heterocycles. The number of fused-ring (bicyclic) bond motifs is 1. The normalized spacial score (nSPS) is 18.9. The molecule has 0 spiro atoms. The zero-order chi connectivity index (χ0) is 16.8. The van der Waals surface area contributed by atoms with Crippen LogP contribution in [0.2, 0.25) is 0 Å². The molecule has 0 aliphatic carbocycles. The minimum atomic E-state index is -0.603. The Kier molecular flexibility index (Phi) is 5.36. The second-order valence-corrected chi connectivity index (χ2v) is 6.04. The third-order valence-electron chi connectivity index (χ3n) is 4.13. The van der Waals surface area contributed by atoms with Crippen LogP contribution in [-0.4, -0.2) is 24.7 Å². The van der Waals surface area contributed by atoms with E-state index >= 15 is 0 Å². The minimum absolute atomic E-state index is 0.114. The van der Waals surface area contributed by atoms with Crippen molar-refractivity contribution in [3.05, 3.63) is 60.2 Å². The molecule has 3 rings (SSSR count). The lowest BCUT2D eigenvalue weighted by atomic mass is 10.1. The molecule has 4 nitrogen and oxygen atoms in total. The van der Waals surface area contributed by atoms with Crippen molar-refractivity contribution in [1.29, 1.82) is 0 Å². The highest BCUT2D eigenvalue weighted by Crippen LogP contribution is 2.33. The number of carbonyl (C=O) groups excluding carboxylic acids is 1. The van der Waals surface area contributed by atoms with Crippen molar-refractivity contribution in [1.82, 2.24) is 5.32 Å². The van der Waals surface area contributed by atoms with Gasteiger partial charge >= 0.3 is 0 Å². The van der Waals surface area contributed by atoms with Crippen LogP contribution in [0.4, 0.5) is 0 Å². The van der Waals surface area contributed by atoms with E-state index in [1.54, 1.807) is 0 Å². The number of hydrogen-bond donors (Lipinski definition) is 1. The number of hydrogen-bond acceptors (Lipinski definition) is 3. The van der Waals surface area contributed by atoms with Crippen molar-refractivity contribution in [3.8, 4) is 11.5 Å². The van der Waals surface area contributed by atoms with Crippen LogP contribution in [0.5, 0.6) is 11.5 Å². The maximum Gasteiger partial charge on any atom is 0.265 e. The second kappa shape index (κ2) is 7.86. The molecule has 0 saturated heterocycles. The average Bonchev–Trinajstić information content (AvgIpc) is 2.61. The topological polar surface area (TPSA) is 47.6 Å². The third kappa shape index (κ3) is 4.07. The van der Waals surface area contributed by atoms with E-state index in [9.17, 15) is 4.79 Å². The quantitative estimate of drug-likeness (QED) is 0.829. The van der Waals surface area contributed by atoms with Gasteiger partial charge in [-0.05, 0) is 43.9 Å². The van der Waals surface area contributed by atoms with Crippen LogP contribution in [-0.2, 0) is 11.2 Å². The van der Waals surface area contributed by atoms with Gasteiger partial charge in [0.2, 0.25) is 6.10 Å². The van der Waals surface area contributed by atoms with E-state index in [1.165, 1.54) is 5.56 Å². The number of aryl methyl sites for hydroxylation is 1. The molecule has 2 atom stereocenters. The molecule has 1 aliphatic heterocycles. The van der Waals surface area contributed by atoms with Crippen molar-refractivity contribution in [3.63, 3.8) is 0 Å². The first kappa shape index (κ1) is 16.4. The molecule has 24 heavy (non-hydrogen) atoms. The van der Waals surface area contributed by atoms with Gasteiger partial charge in [-0.1, -0.05) is 42.5 Å². The van der Waals surface area contributed by atoms with Crippen molar-refractivity contribution >= 4 is 5.91 Å². The van der Waals surface area contributed by atoms with Crippen molar-refractivity contribution in [2.24, 2.45) is 0 Å². The minimum Gasteiger partial charge on any atom is -0.482 e. The van der Waals surface area contributed by atoms with Gasteiger partial charge in [0.25, 0.3) is 5.91 Å². The molecule has 0 bridgehead atoms. The van der Waals surface area contributed by atoms with E-state index in [4.69, 9.17) is 9.47 Å². The molecule has 1 amide bonds. The third-order valence-corrected chi connectivity index (χ3v) is 4.13. The molecule has 0 saturated carbocycles. The number of rotatable bonds is 6. The highest BCUT2D eigenvalue weighted by atomic mass is 16.6. The molecule has 0 radical (unpaired) electrons. The predicted octanol–water partition coefficient (Wildman–Crippen LogP) is 3.35. The monoisotopic (exact) mass is 325 g/mol. The summed E-state index contributed by atoms with van der Waals surface area (Å²) in [5, 5.41) is 2.96. The smallest absolute Gasteiger partial charge is 0.265 e. The highest BCUT2D eigenvalue weighted by molar-refractivity contribution is 5.82. The summed E-state index contributed by atoms with van der Waals surface area (Å²) in [6, 6.07) is 17.8. The SMILES string of the molecule is CC1Oc2ccccc2OC1C(=O)NCCCCc1ccccc1. The van der Waals surface area contributed by atoms with E-state index in [2.05, 4.69) is 29.6 Å². The lowest BCUT2D eigenvalue weighted by Crippen LogP contribution is -2.49. The van der Waals surface area contributed by atoms with Gasteiger partial charge < -0.3 is 14.8 Å². The van der Waals surface area contributed by atoms with Crippen LogP contribution in [0.25, 0.3) is 0 Å². The molecule has 0 fully saturated rings. The summed E-state index contributed by atoms with van der Waals surface area (Å²) in [5.41, 5.74) is 1.33. The van der Waals surface area contributed by atoms with Gasteiger partial charge in [0, 0.05) is 6.54 Å². The summed E-state index contributed by atoms with van der Waals surface area (Å²) in [7, 11) is 0. The number of ether oxygens (including phenoxy) is 2. The van der Waals surface area contributed by atoms with E-state index in [1.807, 2.05) is 37.3 Å². The Bertz CT molecular complexity index is 672. The van der Waals surface area contributed by atoms with Gasteiger partial charge in [-0.2, -0.15) is 0 Å². The number of carbonyl (C=O) groups is 1. The fourth-order valence-corrected chi connectivity index (χ4v) is 2.82. The Morgan fingerprint density at radius 1 is 0.958 bits per heavy atom. The Morgan fingerprint density at radius 3 is 2.38 bits per heavy atom. The second-order valence-electron chi connectivity index (χ2n) is 6.04. The van der Waals surface area contributed by atoms with Crippen LogP contribution >= 0.6 is 0 Å². The maximum absolute atomic E-state index is 12.3. The fourth-order valence-electron chi connectivity index (χ4n) is 2.82. The van der Waals surface area contributed by atoms with Gasteiger partial charge in [0.15, 0.2) is 11.5 Å². The molecular formula is C20H23NO3. The molecule has 2 aromatic rings. The number of para-hydroxylation sites is 2. The van der Waals surface area contributed by atoms with Crippen LogP contribution in [0.3, 0.4) is 0 Å². The molecule has 1 aliphatic rings. The fraction of sp³-hybridized carbons (Fsp3) is 0.350. The zero-order valence-corrected chi connectivity index (χ0v) is 13.9. The van der Waals surface area contributed by atoms with Crippen molar-refractivity contribution in [2.75, 3.05) is 6.54 Å². The van der Waals surface area contributed by atoms with Gasteiger partial charge in [0.05, 0.1) is 0 Å². The van der Waals surface area contributed by atoms with Crippen LogP contribution in [0.15, 0.2) is 54.6 Å². The Morgan fingerprint density at radius 2 is 1.62 bits per heavy atom. The first-order chi connectivity index (χ1) is 11.7. The molecule has 0 aromatic heterocycles. The molecule has 4 heteroatoms. The van der Waals surface area contributed by atoms with Crippen molar-refractivity contribution < 1.29 is 14.3 Å². The molecule has 126 valence electrons. The number of benzene rings is 2. The first-order valence-corrected chi connectivity index (χ1v) is 8.48. The Balaban J connectivity index is 1.42. The number of unbranched alkanes of at least 4 members (excludes halogenated alkanes) is 1. The molecular weight excluding hydrogens is 302 g/mol. The van der Waals surface area contributed by atoms with Gasteiger partial charge in [-0.25, -0.2) is 0 Å². The van der Waals surface area contributed by atoms with E-state index in [0.717, 1.165) is 19.3 Å². The zero-order valence-electron chi connectivity index (χ0n) is 13.9. The van der Waals surface area contributed by atoms with E-state index in [0.29, 0.717) is 18.0 Å². The number of amides is 1. The number of nitrogens with one attached hydrogen (secondary N) is 1. The lowest BCUT2D eigenvalue weighted by molar-refractivity contribution is -0.133. The van der Waals surface area contributed by atoms with Gasteiger partial charge in [-0.15, -0.1) is 0 Å². The molecule has 2 aromatic carbocycles. The van der Waals surface area contributed by atoms with Crippen LogP contribution in [0, 0.1) is 0 Å². The summed E-state index contributed by atoms with van der Waals surface area (Å²) in [4.78, 5) is 12.3. The largest absolute Gasteiger partial charge is 0.482 e. The van der Waals surface area contributed by atoms with Gasteiger partial charge in [0.1, 0.15) is 6.10 Å². The van der Waals surface area contributed by atoms with E-state index < -0.39 is 6.10 Å². The van der Waals surface area contributed by atoms with Crippen LogP contribution in [0.1, 0.15) is 25.3 Å². The van der Waals surface area contributed by atoms with Crippen molar-refractivity contribution in [2.45, 2.75) is 38.4 Å². The molecule has 2 unspecified atom stereocenters. The standard InChI is InChI=1S/C20H23NO3/c1-15-19(24-18-13-6-5-12-17(18)23-15)20(22)21-14-8-7-11-16-9-3-2-4-10-16/h2-6,9-10,12-13,15,19H,7-8,11,14H2,1H3,(H,21,22). The predicted molar refractivity (Wildman–Crippen MR) is 93.3 cm³/mol. The molecule has 1 N–H and O–H groups in total. The summed E-state index contributed by atoms with van der Waals surface area (Å²) in [6.07, 6.45) is 2.12. The average molecular weight is 325 g/mol. The summed E-state index contributed by atoms with van der Waals surface area (Å²) < 4.78 is 11.6.